The van der Waals surface area contributed by atoms with Crippen molar-refractivity contribution in [2.45, 2.75) is 32.0 Å². The molecule has 0 saturated carbocycles. The third-order valence-corrected chi connectivity index (χ3v) is 5.11. The molecule has 0 aromatic heterocycles. The molecule has 0 unspecified atom stereocenters. The van der Waals surface area contributed by atoms with Gasteiger partial charge < -0.3 is 10.6 Å². The molecule has 0 radical (unpaired) electrons. The van der Waals surface area contributed by atoms with Crippen molar-refractivity contribution in [1.82, 2.24) is 9.80 Å². The van der Waals surface area contributed by atoms with Crippen LogP contribution in [0.2, 0.25) is 0 Å². The molecule has 2 aromatic rings. The molecule has 132 valence electrons. The first-order chi connectivity index (χ1) is 12.2. The molecule has 25 heavy (non-hydrogen) atoms. The highest BCUT2D eigenvalue weighted by molar-refractivity contribution is 5.94. The molecule has 4 heteroatoms. The molecule has 2 N–H and O–H groups in total. The number of hydrogen-bond acceptors (Lipinski definition) is 3. The van der Waals surface area contributed by atoms with E-state index in [1.54, 1.807) is 0 Å². The van der Waals surface area contributed by atoms with Gasteiger partial charge in [0.05, 0.1) is 0 Å². The van der Waals surface area contributed by atoms with Gasteiger partial charge >= 0.3 is 0 Å². The van der Waals surface area contributed by atoms with Crippen molar-refractivity contribution in [3.8, 4) is 0 Å². The van der Waals surface area contributed by atoms with Gasteiger partial charge in [0.2, 0.25) is 0 Å². The van der Waals surface area contributed by atoms with Gasteiger partial charge in [-0.2, -0.15) is 0 Å². The first-order valence-corrected chi connectivity index (χ1v) is 9.00. The molecule has 1 aliphatic rings. The largest absolute Gasteiger partial charge is 0.339 e. The molecule has 0 spiro atoms. The van der Waals surface area contributed by atoms with Gasteiger partial charge in [-0.25, -0.2) is 0 Å². The quantitative estimate of drug-likeness (QED) is 0.913. The Morgan fingerprint density at radius 1 is 1.04 bits per heavy atom. The first-order valence-electron chi connectivity index (χ1n) is 9.00. The van der Waals surface area contributed by atoms with Crippen molar-refractivity contribution in [1.29, 1.82) is 0 Å². The molecule has 1 aliphatic heterocycles. The fourth-order valence-corrected chi connectivity index (χ4v) is 3.46. The lowest BCUT2D eigenvalue weighted by Gasteiger charge is -2.36. The Kier molecular flexibility index (Phi) is 5.84. The van der Waals surface area contributed by atoms with Crippen molar-refractivity contribution in [2.75, 3.05) is 20.1 Å². The van der Waals surface area contributed by atoms with Crippen molar-refractivity contribution in [3.63, 3.8) is 0 Å². The van der Waals surface area contributed by atoms with Crippen LogP contribution in [0.15, 0.2) is 54.6 Å². The molecule has 1 heterocycles. The lowest BCUT2D eigenvalue weighted by Crippen LogP contribution is -2.45. The van der Waals surface area contributed by atoms with Crippen LogP contribution in [-0.2, 0) is 13.1 Å². The average Bonchev–Trinajstić information content (AvgIpc) is 2.68. The number of hydrogen-bond donors (Lipinski definition) is 1. The molecular weight excluding hydrogens is 310 g/mol. The van der Waals surface area contributed by atoms with Crippen LogP contribution in [0.3, 0.4) is 0 Å². The van der Waals surface area contributed by atoms with Gasteiger partial charge in [-0.05, 0) is 36.1 Å². The maximum Gasteiger partial charge on any atom is 0.253 e. The fourth-order valence-electron chi connectivity index (χ4n) is 3.46. The van der Waals surface area contributed by atoms with E-state index in [4.69, 9.17) is 5.73 Å². The Bertz CT molecular complexity index is 676. The van der Waals surface area contributed by atoms with Gasteiger partial charge in [0, 0.05) is 44.8 Å². The van der Waals surface area contributed by atoms with Crippen molar-refractivity contribution in [2.24, 2.45) is 5.73 Å². The van der Waals surface area contributed by atoms with Gasteiger partial charge in [0.1, 0.15) is 0 Å². The number of nitrogens with two attached hydrogens (primary N) is 1. The van der Waals surface area contributed by atoms with E-state index in [2.05, 4.69) is 35.2 Å². The summed E-state index contributed by atoms with van der Waals surface area (Å²) in [5, 5.41) is 0. The van der Waals surface area contributed by atoms with E-state index in [-0.39, 0.29) is 5.91 Å². The molecule has 2 aromatic carbocycles. The monoisotopic (exact) mass is 337 g/mol. The minimum Gasteiger partial charge on any atom is -0.339 e. The summed E-state index contributed by atoms with van der Waals surface area (Å²) in [6, 6.07) is 18.5. The molecule has 1 amide bonds. The second-order valence-corrected chi connectivity index (χ2v) is 6.81. The summed E-state index contributed by atoms with van der Waals surface area (Å²) in [7, 11) is 1.93. The van der Waals surface area contributed by atoms with E-state index in [0.29, 0.717) is 12.6 Å². The predicted molar refractivity (Wildman–Crippen MR) is 101 cm³/mol. The molecule has 4 nitrogen and oxygen atoms in total. The zero-order valence-corrected chi connectivity index (χ0v) is 14.9. The van der Waals surface area contributed by atoms with Crippen LogP contribution in [0.25, 0.3) is 0 Å². The number of carbonyl (C=O) groups is 1. The fraction of sp³-hybridized carbons (Fsp3) is 0.381. The molecule has 3 rings (SSSR count). The number of amides is 1. The first kappa shape index (κ1) is 17.6. The maximum absolute atomic E-state index is 12.7. The number of carbonyl (C=O) groups excluding carboxylic acids is 1. The summed E-state index contributed by atoms with van der Waals surface area (Å²) in [4.78, 5) is 17.1. The number of rotatable bonds is 5. The third kappa shape index (κ3) is 4.47. The zero-order valence-electron chi connectivity index (χ0n) is 14.9. The highest BCUT2D eigenvalue weighted by Gasteiger charge is 2.25. The van der Waals surface area contributed by atoms with E-state index in [1.165, 1.54) is 5.56 Å². The zero-order chi connectivity index (χ0) is 17.6. The normalized spacial score (nSPS) is 15.9. The van der Waals surface area contributed by atoms with Crippen LogP contribution in [-0.4, -0.2) is 41.9 Å². The summed E-state index contributed by atoms with van der Waals surface area (Å²) in [6.45, 7) is 3.56. The summed E-state index contributed by atoms with van der Waals surface area (Å²) in [5.74, 6) is 0.102. The minimum atomic E-state index is 0.102. The van der Waals surface area contributed by atoms with E-state index in [0.717, 1.165) is 43.6 Å². The summed E-state index contributed by atoms with van der Waals surface area (Å²) in [5.41, 5.74) is 8.76. The topological polar surface area (TPSA) is 49.6 Å². The van der Waals surface area contributed by atoms with Crippen LogP contribution in [0, 0.1) is 0 Å². The summed E-state index contributed by atoms with van der Waals surface area (Å²) < 4.78 is 0. The van der Waals surface area contributed by atoms with Crippen molar-refractivity contribution < 1.29 is 4.79 Å². The van der Waals surface area contributed by atoms with Gasteiger partial charge in [-0.3, -0.25) is 9.69 Å². The van der Waals surface area contributed by atoms with Gasteiger partial charge in [0.25, 0.3) is 5.91 Å². The van der Waals surface area contributed by atoms with E-state index in [1.807, 2.05) is 36.2 Å². The maximum atomic E-state index is 12.7. The summed E-state index contributed by atoms with van der Waals surface area (Å²) >= 11 is 0. The molecule has 1 saturated heterocycles. The van der Waals surface area contributed by atoms with Gasteiger partial charge in [0.15, 0.2) is 0 Å². The SMILES string of the molecule is CN(C(=O)c1ccc(CN)cc1)C1CCN(Cc2ccccc2)CC1. The average molecular weight is 337 g/mol. The van der Waals surface area contributed by atoms with Crippen LogP contribution in [0.5, 0.6) is 0 Å². The van der Waals surface area contributed by atoms with Crippen molar-refractivity contribution in [3.05, 3.63) is 71.3 Å². The Hall–Kier alpha value is -2.17. The van der Waals surface area contributed by atoms with Gasteiger partial charge in [-0.1, -0.05) is 42.5 Å². The lowest BCUT2D eigenvalue weighted by atomic mass is 10.0. The minimum absolute atomic E-state index is 0.102. The second-order valence-electron chi connectivity index (χ2n) is 6.81. The van der Waals surface area contributed by atoms with E-state index >= 15 is 0 Å². The molecule has 0 aliphatic carbocycles. The third-order valence-electron chi connectivity index (χ3n) is 5.11. The summed E-state index contributed by atoms with van der Waals surface area (Å²) in [6.07, 6.45) is 2.05. The number of piperidine rings is 1. The van der Waals surface area contributed by atoms with Crippen LogP contribution < -0.4 is 5.73 Å². The highest BCUT2D eigenvalue weighted by Crippen LogP contribution is 2.19. The van der Waals surface area contributed by atoms with E-state index < -0.39 is 0 Å². The van der Waals surface area contributed by atoms with Gasteiger partial charge in [-0.15, -0.1) is 0 Å². The Balaban J connectivity index is 1.53. The number of benzene rings is 2. The molecule has 0 atom stereocenters. The standard InChI is InChI=1S/C21H27N3O/c1-23(21(25)19-9-7-17(15-22)8-10-19)20-11-13-24(14-12-20)16-18-5-3-2-4-6-18/h2-10,20H,11-16,22H2,1H3. The van der Waals surface area contributed by atoms with Crippen LogP contribution in [0.1, 0.15) is 34.3 Å². The van der Waals surface area contributed by atoms with Crippen LogP contribution in [0.4, 0.5) is 0 Å². The smallest absolute Gasteiger partial charge is 0.253 e. The lowest BCUT2D eigenvalue weighted by molar-refractivity contribution is 0.0636. The Morgan fingerprint density at radius 3 is 2.28 bits per heavy atom. The Labute approximate surface area is 150 Å². The number of nitrogens with zero attached hydrogens (tertiary/aromatic N) is 2. The predicted octanol–water partition coefficient (Wildman–Crippen LogP) is 2.88. The van der Waals surface area contributed by atoms with E-state index in [9.17, 15) is 4.79 Å². The van der Waals surface area contributed by atoms with Crippen molar-refractivity contribution >= 4 is 5.91 Å². The van der Waals surface area contributed by atoms with Crippen LogP contribution >= 0.6 is 0 Å². The molecular formula is C21H27N3O. The highest BCUT2D eigenvalue weighted by atomic mass is 16.2. The number of likely N-dealkylation sites (tertiary alicyclic amines) is 1. The molecule has 1 fully saturated rings. The Morgan fingerprint density at radius 2 is 1.68 bits per heavy atom. The molecule has 0 bridgehead atoms. The second kappa shape index (κ2) is 8.28.